The number of hydrogen-bond acceptors (Lipinski definition) is 2. The van der Waals surface area contributed by atoms with Crippen molar-refractivity contribution in [2.24, 2.45) is 0 Å². The molecule has 0 saturated carbocycles. The molecule has 0 fully saturated rings. The van der Waals surface area contributed by atoms with Crippen LogP contribution in [0.25, 0.3) is 0 Å². The van der Waals surface area contributed by atoms with Crippen LogP contribution in [0.15, 0.2) is 28.7 Å². The number of thioether (sulfide) groups is 1. The summed E-state index contributed by atoms with van der Waals surface area (Å²) in [6.07, 6.45) is 4.71. The van der Waals surface area contributed by atoms with Crippen molar-refractivity contribution >= 4 is 27.7 Å². The molecule has 1 N–H and O–H groups in total. The van der Waals surface area contributed by atoms with Crippen LogP contribution in [0, 0.1) is 0 Å². The molecule has 0 bridgehead atoms. The van der Waals surface area contributed by atoms with Gasteiger partial charge in [0.15, 0.2) is 0 Å². The topological polar surface area (TPSA) is 12.0 Å². The standard InChI is InChI=1S/C14H22BrNS/c1-14(2,16-10-4-5-11-17-3)12-6-8-13(15)9-7-12/h6-9,16H,4-5,10-11H2,1-3H3. The van der Waals surface area contributed by atoms with Gasteiger partial charge in [-0.25, -0.2) is 0 Å². The van der Waals surface area contributed by atoms with Gasteiger partial charge in [-0.15, -0.1) is 0 Å². The van der Waals surface area contributed by atoms with Crippen LogP contribution < -0.4 is 5.32 Å². The van der Waals surface area contributed by atoms with Crippen LogP contribution in [0.4, 0.5) is 0 Å². The zero-order chi connectivity index (χ0) is 12.7. The van der Waals surface area contributed by atoms with Gasteiger partial charge < -0.3 is 5.32 Å². The molecule has 0 amide bonds. The molecule has 0 atom stereocenters. The highest BCUT2D eigenvalue weighted by molar-refractivity contribution is 9.10. The Balaban J connectivity index is 2.42. The van der Waals surface area contributed by atoms with Gasteiger partial charge in [-0.1, -0.05) is 28.1 Å². The van der Waals surface area contributed by atoms with Crippen LogP contribution in [-0.4, -0.2) is 18.6 Å². The number of benzene rings is 1. The average Bonchev–Trinajstić information content (AvgIpc) is 2.29. The maximum Gasteiger partial charge on any atom is 0.0377 e. The summed E-state index contributed by atoms with van der Waals surface area (Å²) >= 11 is 5.40. The third-order valence-electron chi connectivity index (χ3n) is 2.91. The second-order valence-corrected chi connectivity index (χ2v) is 6.66. The Hall–Kier alpha value is 0.01000. The quantitative estimate of drug-likeness (QED) is 0.748. The van der Waals surface area contributed by atoms with Gasteiger partial charge in [0.25, 0.3) is 0 Å². The zero-order valence-corrected chi connectivity index (χ0v) is 13.3. The van der Waals surface area contributed by atoms with E-state index in [0.717, 1.165) is 11.0 Å². The minimum Gasteiger partial charge on any atom is -0.308 e. The summed E-state index contributed by atoms with van der Waals surface area (Å²) < 4.78 is 1.14. The Morgan fingerprint density at radius 2 is 1.82 bits per heavy atom. The molecule has 1 nitrogen and oxygen atoms in total. The van der Waals surface area contributed by atoms with Gasteiger partial charge in [0.05, 0.1) is 0 Å². The minimum atomic E-state index is 0.0556. The molecule has 96 valence electrons. The minimum absolute atomic E-state index is 0.0556. The van der Waals surface area contributed by atoms with Crippen molar-refractivity contribution in [3.63, 3.8) is 0 Å². The van der Waals surface area contributed by atoms with Gasteiger partial charge >= 0.3 is 0 Å². The lowest BCUT2D eigenvalue weighted by atomic mass is 9.94. The normalized spacial score (nSPS) is 11.8. The molecule has 3 heteroatoms. The predicted molar refractivity (Wildman–Crippen MR) is 82.8 cm³/mol. The molecule has 1 aromatic carbocycles. The van der Waals surface area contributed by atoms with Crippen LogP contribution in [0.1, 0.15) is 32.3 Å². The van der Waals surface area contributed by atoms with Gasteiger partial charge in [0.1, 0.15) is 0 Å². The van der Waals surface area contributed by atoms with E-state index in [4.69, 9.17) is 0 Å². The Labute approximate surface area is 118 Å². The Bertz CT molecular complexity index is 321. The summed E-state index contributed by atoms with van der Waals surface area (Å²) in [7, 11) is 0. The summed E-state index contributed by atoms with van der Waals surface area (Å²) in [6, 6.07) is 8.57. The molecule has 0 aliphatic heterocycles. The van der Waals surface area contributed by atoms with E-state index in [0.29, 0.717) is 0 Å². The molecular formula is C14H22BrNS. The number of halogens is 1. The molecule has 1 rings (SSSR count). The molecule has 0 aliphatic rings. The van der Waals surface area contributed by atoms with Crippen molar-refractivity contribution in [1.29, 1.82) is 0 Å². The molecule has 1 aromatic rings. The summed E-state index contributed by atoms with van der Waals surface area (Å²) in [5, 5.41) is 3.63. The van der Waals surface area contributed by atoms with Gasteiger partial charge in [0.2, 0.25) is 0 Å². The first-order chi connectivity index (χ1) is 8.06. The largest absolute Gasteiger partial charge is 0.308 e. The molecule has 0 spiro atoms. The van der Waals surface area contributed by atoms with Crippen molar-refractivity contribution < 1.29 is 0 Å². The van der Waals surface area contributed by atoms with E-state index in [1.807, 2.05) is 11.8 Å². The zero-order valence-electron chi connectivity index (χ0n) is 10.9. The van der Waals surface area contributed by atoms with Crippen molar-refractivity contribution in [2.75, 3.05) is 18.6 Å². The van der Waals surface area contributed by atoms with Crippen LogP contribution in [-0.2, 0) is 5.54 Å². The smallest absolute Gasteiger partial charge is 0.0377 e. The first-order valence-electron chi connectivity index (χ1n) is 6.06. The van der Waals surface area contributed by atoms with Gasteiger partial charge in [-0.3, -0.25) is 0 Å². The maximum atomic E-state index is 3.63. The van der Waals surface area contributed by atoms with Crippen molar-refractivity contribution in [3.8, 4) is 0 Å². The fourth-order valence-corrected chi connectivity index (χ4v) is 2.50. The lowest BCUT2D eigenvalue weighted by Crippen LogP contribution is -2.37. The fourth-order valence-electron chi connectivity index (χ4n) is 1.74. The average molecular weight is 316 g/mol. The number of nitrogens with one attached hydrogen (secondary N) is 1. The third kappa shape index (κ3) is 5.45. The van der Waals surface area contributed by atoms with Crippen LogP contribution in [0.2, 0.25) is 0 Å². The number of rotatable bonds is 7. The van der Waals surface area contributed by atoms with E-state index < -0.39 is 0 Å². The second-order valence-electron chi connectivity index (χ2n) is 4.76. The molecule has 0 heterocycles. The van der Waals surface area contributed by atoms with Crippen molar-refractivity contribution in [1.82, 2.24) is 5.32 Å². The number of hydrogen-bond donors (Lipinski definition) is 1. The highest BCUT2D eigenvalue weighted by Gasteiger charge is 2.18. The monoisotopic (exact) mass is 315 g/mol. The summed E-state index contributed by atoms with van der Waals surface area (Å²) in [5.74, 6) is 1.26. The fraction of sp³-hybridized carbons (Fsp3) is 0.571. The SMILES string of the molecule is CSCCCCNC(C)(C)c1ccc(Br)cc1. The van der Waals surface area contributed by atoms with E-state index in [1.54, 1.807) is 0 Å². The molecule has 0 aliphatic carbocycles. The molecule has 17 heavy (non-hydrogen) atoms. The number of unbranched alkanes of at least 4 members (excludes halogenated alkanes) is 1. The molecule has 0 aromatic heterocycles. The third-order valence-corrected chi connectivity index (χ3v) is 4.13. The van der Waals surface area contributed by atoms with Gasteiger partial charge in [-0.05, 0) is 62.9 Å². The lowest BCUT2D eigenvalue weighted by Gasteiger charge is -2.27. The highest BCUT2D eigenvalue weighted by Crippen LogP contribution is 2.22. The lowest BCUT2D eigenvalue weighted by molar-refractivity contribution is 0.399. The van der Waals surface area contributed by atoms with Crippen LogP contribution >= 0.6 is 27.7 Å². The first kappa shape index (κ1) is 15.1. The van der Waals surface area contributed by atoms with Crippen LogP contribution in [0.3, 0.4) is 0 Å². The second kappa shape index (κ2) is 7.45. The predicted octanol–water partition coefficient (Wildman–Crippen LogP) is 4.42. The van der Waals surface area contributed by atoms with E-state index in [2.05, 4.69) is 65.6 Å². The molecule has 0 unspecified atom stereocenters. The Morgan fingerprint density at radius 1 is 1.18 bits per heavy atom. The molecule has 0 saturated heterocycles. The van der Waals surface area contributed by atoms with E-state index in [-0.39, 0.29) is 5.54 Å². The summed E-state index contributed by atoms with van der Waals surface area (Å²) in [6.45, 7) is 5.57. The highest BCUT2D eigenvalue weighted by atomic mass is 79.9. The van der Waals surface area contributed by atoms with Crippen molar-refractivity contribution in [2.45, 2.75) is 32.2 Å². The van der Waals surface area contributed by atoms with Crippen LogP contribution in [0.5, 0.6) is 0 Å². The Kier molecular flexibility index (Phi) is 6.60. The van der Waals surface area contributed by atoms with Crippen molar-refractivity contribution in [3.05, 3.63) is 34.3 Å². The first-order valence-corrected chi connectivity index (χ1v) is 8.25. The summed E-state index contributed by atoms with van der Waals surface area (Å²) in [4.78, 5) is 0. The van der Waals surface area contributed by atoms with Gasteiger partial charge in [-0.2, -0.15) is 11.8 Å². The van der Waals surface area contributed by atoms with E-state index in [1.165, 1.54) is 24.2 Å². The van der Waals surface area contributed by atoms with E-state index >= 15 is 0 Å². The molecular weight excluding hydrogens is 294 g/mol. The Morgan fingerprint density at radius 3 is 2.41 bits per heavy atom. The van der Waals surface area contributed by atoms with Gasteiger partial charge in [0, 0.05) is 10.0 Å². The summed E-state index contributed by atoms with van der Waals surface area (Å²) in [5.41, 5.74) is 1.39. The maximum absolute atomic E-state index is 3.63. The molecule has 0 radical (unpaired) electrons. The van der Waals surface area contributed by atoms with E-state index in [9.17, 15) is 0 Å².